The zero-order chi connectivity index (χ0) is 15.4. The minimum absolute atomic E-state index is 0.222. The lowest BCUT2D eigenvalue weighted by molar-refractivity contribution is -0.385. The molecule has 0 amide bonds. The van der Waals surface area contributed by atoms with Crippen LogP contribution < -0.4 is 5.32 Å². The smallest absolute Gasteiger partial charge is 0.275 e. The third-order valence-electron chi connectivity index (χ3n) is 3.02. The highest BCUT2D eigenvalue weighted by molar-refractivity contribution is 7.10. The van der Waals surface area contributed by atoms with Crippen molar-refractivity contribution in [1.82, 2.24) is 0 Å². The second-order valence-corrected chi connectivity index (χ2v) is 5.52. The summed E-state index contributed by atoms with van der Waals surface area (Å²) in [6.07, 6.45) is 1.54. The van der Waals surface area contributed by atoms with Crippen LogP contribution in [0.2, 0.25) is 0 Å². The maximum Gasteiger partial charge on any atom is 0.275 e. The highest BCUT2D eigenvalue weighted by Gasteiger charge is 2.20. The first-order valence-corrected chi connectivity index (χ1v) is 7.34. The lowest BCUT2D eigenvalue weighted by Crippen LogP contribution is -2.12. The number of hydrogen-bond acceptors (Lipinski definition) is 4. The molecular formula is C14H14F2N2O2S. The SMILES string of the molecule is CCCC(Nc1c(F)cc([N+](=O)[O-])cc1F)c1cccs1. The molecule has 2 aromatic rings. The van der Waals surface area contributed by atoms with Gasteiger partial charge in [-0.2, -0.15) is 0 Å². The van der Waals surface area contributed by atoms with Gasteiger partial charge in [-0.15, -0.1) is 11.3 Å². The average molecular weight is 312 g/mol. The summed E-state index contributed by atoms with van der Waals surface area (Å²) in [5.74, 6) is -1.92. The maximum atomic E-state index is 13.9. The second-order valence-electron chi connectivity index (χ2n) is 4.54. The van der Waals surface area contributed by atoms with Crippen molar-refractivity contribution in [1.29, 1.82) is 0 Å². The predicted octanol–water partition coefficient (Wildman–Crippen LogP) is 4.89. The lowest BCUT2D eigenvalue weighted by atomic mass is 10.1. The largest absolute Gasteiger partial charge is 0.373 e. The van der Waals surface area contributed by atoms with Gasteiger partial charge in [0, 0.05) is 4.88 Å². The first-order valence-electron chi connectivity index (χ1n) is 6.46. The molecule has 0 bridgehead atoms. The number of non-ortho nitro benzene ring substituents is 1. The van der Waals surface area contributed by atoms with Gasteiger partial charge in [0.25, 0.3) is 5.69 Å². The zero-order valence-corrected chi connectivity index (χ0v) is 12.1. The highest BCUT2D eigenvalue weighted by Crippen LogP contribution is 2.31. The molecule has 0 aliphatic carbocycles. The summed E-state index contributed by atoms with van der Waals surface area (Å²) in [7, 11) is 0. The Hall–Kier alpha value is -2.02. The highest BCUT2D eigenvalue weighted by atomic mass is 32.1. The van der Waals surface area contributed by atoms with Gasteiger partial charge in [0.05, 0.1) is 23.1 Å². The monoisotopic (exact) mass is 312 g/mol. The molecule has 0 saturated heterocycles. The molecule has 4 nitrogen and oxygen atoms in total. The number of benzene rings is 1. The van der Waals surface area contributed by atoms with E-state index in [-0.39, 0.29) is 11.7 Å². The van der Waals surface area contributed by atoms with Crippen molar-refractivity contribution in [2.45, 2.75) is 25.8 Å². The van der Waals surface area contributed by atoms with Crippen molar-refractivity contribution in [2.24, 2.45) is 0 Å². The van der Waals surface area contributed by atoms with E-state index in [4.69, 9.17) is 0 Å². The van der Waals surface area contributed by atoms with Crippen LogP contribution in [-0.4, -0.2) is 4.92 Å². The quantitative estimate of drug-likeness (QED) is 0.610. The van der Waals surface area contributed by atoms with Crippen LogP contribution >= 0.6 is 11.3 Å². The minimum atomic E-state index is -0.959. The van der Waals surface area contributed by atoms with Crippen molar-refractivity contribution in [2.75, 3.05) is 5.32 Å². The van der Waals surface area contributed by atoms with E-state index in [1.165, 1.54) is 11.3 Å². The first kappa shape index (κ1) is 15.4. The average Bonchev–Trinajstić information content (AvgIpc) is 2.95. The number of nitrogens with zero attached hydrogens (tertiary/aromatic N) is 1. The third kappa shape index (κ3) is 3.55. The summed E-state index contributed by atoms with van der Waals surface area (Å²) in [5.41, 5.74) is -0.925. The van der Waals surface area contributed by atoms with Crippen LogP contribution in [0.1, 0.15) is 30.7 Å². The Morgan fingerprint density at radius 1 is 1.38 bits per heavy atom. The molecule has 0 radical (unpaired) electrons. The van der Waals surface area contributed by atoms with Gasteiger partial charge in [-0.3, -0.25) is 10.1 Å². The number of rotatable bonds is 6. The molecule has 0 spiro atoms. The third-order valence-corrected chi connectivity index (χ3v) is 4.01. The van der Waals surface area contributed by atoms with Crippen LogP contribution in [-0.2, 0) is 0 Å². The second kappa shape index (κ2) is 6.62. The summed E-state index contributed by atoms with van der Waals surface area (Å²) < 4.78 is 27.8. The molecule has 0 aliphatic rings. The molecule has 21 heavy (non-hydrogen) atoms. The molecular weight excluding hydrogens is 298 g/mol. The molecule has 1 heterocycles. The van der Waals surface area contributed by atoms with Crippen molar-refractivity contribution >= 4 is 22.7 Å². The van der Waals surface area contributed by atoms with Gasteiger partial charge < -0.3 is 5.32 Å². The van der Waals surface area contributed by atoms with Crippen LogP contribution in [0.5, 0.6) is 0 Å². The fourth-order valence-corrected chi connectivity index (χ4v) is 2.85. The molecule has 1 aromatic carbocycles. The van der Waals surface area contributed by atoms with Crippen LogP contribution in [0.25, 0.3) is 0 Å². The molecule has 1 aromatic heterocycles. The molecule has 1 unspecified atom stereocenters. The van der Waals surface area contributed by atoms with Crippen LogP contribution in [0.3, 0.4) is 0 Å². The van der Waals surface area contributed by atoms with Gasteiger partial charge in [0.15, 0.2) is 11.6 Å². The van der Waals surface area contributed by atoms with Crippen molar-refractivity contribution < 1.29 is 13.7 Å². The van der Waals surface area contributed by atoms with Crippen molar-refractivity contribution in [3.8, 4) is 0 Å². The summed E-state index contributed by atoms with van der Waals surface area (Å²) in [6, 6.07) is 4.98. The van der Waals surface area contributed by atoms with E-state index < -0.39 is 22.2 Å². The lowest BCUT2D eigenvalue weighted by Gasteiger charge is -2.19. The molecule has 0 saturated carbocycles. The van der Waals surface area contributed by atoms with E-state index in [9.17, 15) is 18.9 Å². The minimum Gasteiger partial charge on any atom is -0.373 e. The van der Waals surface area contributed by atoms with E-state index in [0.29, 0.717) is 6.42 Å². The van der Waals surface area contributed by atoms with Crippen LogP contribution in [0, 0.1) is 21.7 Å². The Bertz CT molecular complexity index is 609. The topological polar surface area (TPSA) is 55.2 Å². The number of anilines is 1. The zero-order valence-electron chi connectivity index (χ0n) is 11.3. The fraction of sp³-hybridized carbons (Fsp3) is 0.286. The molecule has 112 valence electrons. The summed E-state index contributed by atoms with van der Waals surface area (Å²) >= 11 is 1.49. The van der Waals surface area contributed by atoms with Gasteiger partial charge in [0.2, 0.25) is 0 Å². The Morgan fingerprint density at radius 3 is 2.52 bits per heavy atom. The van der Waals surface area contributed by atoms with Crippen LogP contribution in [0.4, 0.5) is 20.2 Å². The predicted molar refractivity (Wildman–Crippen MR) is 78.6 cm³/mol. The Morgan fingerprint density at radius 2 is 2.05 bits per heavy atom. The Balaban J connectivity index is 2.31. The van der Waals surface area contributed by atoms with E-state index in [1.54, 1.807) is 0 Å². The number of nitro groups is 1. The number of nitro benzene ring substituents is 1. The molecule has 0 aliphatic heterocycles. The normalized spacial score (nSPS) is 12.1. The van der Waals surface area contributed by atoms with Gasteiger partial charge in [-0.05, 0) is 17.9 Å². The van der Waals surface area contributed by atoms with Crippen LogP contribution in [0.15, 0.2) is 29.6 Å². The summed E-state index contributed by atoms with van der Waals surface area (Å²) in [5, 5.41) is 15.3. The Kier molecular flexibility index (Phi) is 4.85. The van der Waals surface area contributed by atoms with E-state index in [1.807, 2.05) is 24.4 Å². The summed E-state index contributed by atoms with van der Waals surface area (Å²) in [6.45, 7) is 1.98. The molecule has 7 heteroatoms. The Labute approximate surface area is 124 Å². The number of thiophene rings is 1. The summed E-state index contributed by atoms with van der Waals surface area (Å²) in [4.78, 5) is 10.7. The van der Waals surface area contributed by atoms with Gasteiger partial charge in [-0.25, -0.2) is 8.78 Å². The van der Waals surface area contributed by atoms with E-state index in [2.05, 4.69) is 5.32 Å². The van der Waals surface area contributed by atoms with Gasteiger partial charge in [0.1, 0.15) is 5.69 Å². The fourth-order valence-electron chi connectivity index (χ4n) is 2.04. The maximum absolute atomic E-state index is 13.9. The first-order chi connectivity index (χ1) is 10.0. The van der Waals surface area contributed by atoms with Crippen molar-refractivity contribution in [3.63, 3.8) is 0 Å². The van der Waals surface area contributed by atoms with E-state index in [0.717, 1.165) is 23.4 Å². The molecule has 0 fully saturated rings. The number of hydrogen-bond donors (Lipinski definition) is 1. The standard InChI is InChI=1S/C14H14F2N2O2S/c1-2-4-12(13-5-3-6-21-13)17-14-10(15)7-9(18(19)20)8-11(14)16/h3,5-8,12,17H,2,4H2,1H3. The number of nitrogens with one attached hydrogen (secondary N) is 1. The molecule has 1 N–H and O–H groups in total. The van der Waals surface area contributed by atoms with Crippen molar-refractivity contribution in [3.05, 3.63) is 56.3 Å². The van der Waals surface area contributed by atoms with Gasteiger partial charge >= 0.3 is 0 Å². The number of halogens is 2. The van der Waals surface area contributed by atoms with E-state index >= 15 is 0 Å². The molecule has 2 rings (SSSR count). The molecule has 1 atom stereocenters. The van der Waals surface area contributed by atoms with Gasteiger partial charge in [-0.1, -0.05) is 19.4 Å².